The number of carbonyl (C=O) groups excluding carboxylic acids is 1. The average Bonchev–Trinajstić information content (AvgIpc) is 3.12. The van der Waals surface area contributed by atoms with Crippen molar-refractivity contribution in [3.05, 3.63) is 24.0 Å². The smallest absolute Gasteiger partial charge is 0.270 e. The summed E-state index contributed by atoms with van der Waals surface area (Å²) in [6, 6.07) is 3.89. The molecule has 0 radical (unpaired) electrons. The molecule has 110 valence electrons. The molecular formula is C15H22N2O3. The Bertz CT molecular complexity index is 446. The minimum absolute atomic E-state index is 0.0883. The van der Waals surface area contributed by atoms with Gasteiger partial charge in [0.15, 0.2) is 0 Å². The van der Waals surface area contributed by atoms with Gasteiger partial charge in [0, 0.05) is 26.0 Å². The average molecular weight is 278 g/mol. The lowest BCUT2D eigenvalue weighted by Gasteiger charge is -2.37. The van der Waals surface area contributed by atoms with Gasteiger partial charge in [0.2, 0.25) is 0 Å². The van der Waals surface area contributed by atoms with Crippen molar-refractivity contribution in [3.63, 3.8) is 0 Å². The minimum Gasteiger partial charge on any atom is -0.381 e. The highest BCUT2D eigenvalue weighted by molar-refractivity contribution is 5.92. The van der Waals surface area contributed by atoms with Gasteiger partial charge in [-0.3, -0.25) is 4.79 Å². The number of nitrogens with one attached hydrogen (secondary N) is 1. The number of hydrogen-bond donors (Lipinski definition) is 1. The highest BCUT2D eigenvalue weighted by Gasteiger charge is 2.43. The Kier molecular flexibility index (Phi) is 4.08. The van der Waals surface area contributed by atoms with Gasteiger partial charge in [0.05, 0.1) is 18.8 Å². The summed E-state index contributed by atoms with van der Waals surface area (Å²) in [5.74, 6) is 0.590. The summed E-state index contributed by atoms with van der Waals surface area (Å²) >= 11 is 0. The summed E-state index contributed by atoms with van der Waals surface area (Å²) in [6.07, 6.45) is 3.95. The fourth-order valence-electron chi connectivity index (χ4n) is 3.34. The molecular weight excluding hydrogens is 256 g/mol. The lowest BCUT2D eigenvalue weighted by atomic mass is 10.1. The van der Waals surface area contributed by atoms with E-state index >= 15 is 0 Å². The second kappa shape index (κ2) is 5.97. The van der Waals surface area contributed by atoms with Crippen molar-refractivity contribution >= 4 is 5.91 Å². The number of aromatic amines is 1. The highest BCUT2D eigenvalue weighted by Crippen LogP contribution is 2.35. The predicted octanol–water partition coefficient (Wildman–Crippen LogP) is 1.67. The molecule has 0 spiro atoms. The minimum atomic E-state index is 0.0883. The Morgan fingerprint density at radius 1 is 1.55 bits per heavy atom. The number of aromatic nitrogens is 1. The zero-order valence-electron chi connectivity index (χ0n) is 11.9. The number of fused-ring (bicyclic) bond motifs is 1. The Morgan fingerprint density at radius 3 is 3.20 bits per heavy atom. The second-order valence-electron chi connectivity index (χ2n) is 5.56. The van der Waals surface area contributed by atoms with Crippen LogP contribution in [0.3, 0.4) is 0 Å². The molecule has 0 unspecified atom stereocenters. The van der Waals surface area contributed by atoms with Crippen LogP contribution < -0.4 is 0 Å². The normalized spacial score (nSPS) is 29.4. The number of nitrogens with zero attached hydrogens (tertiary/aromatic N) is 1. The third kappa shape index (κ3) is 2.60. The number of H-pyrrole nitrogens is 1. The molecule has 5 heteroatoms. The summed E-state index contributed by atoms with van der Waals surface area (Å²) in [5.41, 5.74) is 0.666. The molecule has 1 amide bonds. The molecule has 1 aliphatic heterocycles. The lowest BCUT2D eigenvalue weighted by Crippen LogP contribution is -2.51. The first-order valence-electron chi connectivity index (χ1n) is 7.43. The van der Waals surface area contributed by atoms with Crippen molar-refractivity contribution < 1.29 is 14.3 Å². The molecule has 1 saturated carbocycles. The van der Waals surface area contributed by atoms with E-state index in [-0.39, 0.29) is 18.1 Å². The molecule has 3 atom stereocenters. The van der Waals surface area contributed by atoms with Crippen LogP contribution >= 0.6 is 0 Å². The van der Waals surface area contributed by atoms with E-state index in [4.69, 9.17) is 9.47 Å². The van der Waals surface area contributed by atoms with Gasteiger partial charge < -0.3 is 19.4 Å². The molecule has 2 aliphatic rings. The SMILES string of the molecule is CCOC[C@@H]1C[C@@H]2OCCN(C(=O)c3ccc[nH]3)[C@H]2C1. The second-order valence-corrected chi connectivity index (χ2v) is 5.56. The quantitative estimate of drug-likeness (QED) is 0.911. The molecule has 5 nitrogen and oxygen atoms in total. The van der Waals surface area contributed by atoms with Crippen molar-refractivity contribution in [1.29, 1.82) is 0 Å². The van der Waals surface area contributed by atoms with Gasteiger partial charge in [-0.2, -0.15) is 0 Å². The first-order chi connectivity index (χ1) is 9.79. The number of hydrogen-bond acceptors (Lipinski definition) is 3. The Morgan fingerprint density at radius 2 is 2.45 bits per heavy atom. The van der Waals surface area contributed by atoms with Crippen LogP contribution in [0.2, 0.25) is 0 Å². The van der Waals surface area contributed by atoms with Crippen LogP contribution in [0.25, 0.3) is 0 Å². The van der Waals surface area contributed by atoms with Gasteiger partial charge in [0.25, 0.3) is 5.91 Å². The van der Waals surface area contributed by atoms with E-state index in [1.165, 1.54) is 0 Å². The van der Waals surface area contributed by atoms with E-state index in [2.05, 4.69) is 4.98 Å². The van der Waals surface area contributed by atoms with Crippen LogP contribution in [-0.2, 0) is 9.47 Å². The first-order valence-corrected chi connectivity index (χ1v) is 7.43. The largest absolute Gasteiger partial charge is 0.381 e. The maximum absolute atomic E-state index is 12.5. The lowest BCUT2D eigenvalue weighted by molar-refractivity contribution is -0.0451. The van der Waals surface area contributed by atoms with Gasteiger partial charge in [-0.05, 0) is 37.8 Å². The van der Waals surface area contributed by atoms with Gasteiger partial charge in [-0.1, -0.05) is 0 Å². The Hall–Kier alpha value is -1.33. The molecule has 1 aliphatic carbocycles. The van der Waals surface area contributed by atoms with Crippen molar-refractivity contribution in [2.75, 3.05) is 26.4 Å². The van der Waals surface area contributed by atoms with Crippen molar-refractivity contribution in [2.45, 2.75) is 31.9 Å². The molecule has 3 rings (SSSR count). The fourth-order valence-corrected chi connectivity index (χ4v) is 3.34. The van der Waals surface area contributed by atoms with Crippen LogP contribution in [0.5, 0.6) is 0 Å². The Balaban J connectivity index is 1.68. The van der Waals surface area contributed by atoms with Gasteiger partial charge >= 0.3 is 0 Å². The number of ether oxygens (including phenoxy) is 2. The molecule has 1 saturated heterocycles. The molecule has 2 heterocycles. The molecule has 20 heavy (non-hydrogen) atoms. The van der Waals surface area contributed by atoms with Crippen molar-refractivity contribution in [3.8, 4) is 0 Å². The van der Waals surface area contributed by atoms with E-state index in [1.54, 1.807) is 6.20 Å². The van der Waals surface area contributed by atoms with E-state index in [1.807, 2.05) is 24.0 Å². The van der Waals surface area contributed by atoms with Crippen molar-refractivity contribution in [1.82, 2.24) is 9.88 Å². The molecule has 0 bridgehead atoms. The van der Waals surface area contributed by atoms with E-state index in [0.29, 0.717) is 24.8 Å². The number of amides is 1. The molecule has 2 fully saturated rings. The maximum atomic E-state index is 12.5. The zero-order chi connectivity index (χ0) is 13.9. The number of rotatable bonds is 4. The number of carbonyl (C=O) groups is 1. The van der Waals surface area contributed by atoms with Crippen LogP contribution in [0.1, 0.15) is 30.3 Å². The van der Waals surface area contributed by atoms with Crippen LogP contribution in [0.15, 0.2) is 18.3 Å². The van der Waals surface area contributed by atoms with Gasteiger partial charge in [-0.25, -0.2) is 0 Å². The van der Waals surface area contributed by atoms with E-state index < -0.39 is 0 Å². The fraction of sp³-hybridized carbons (Fsp3) is 0.667. The summed E-state index contributed by atoms with van der Waals surface area (Å²) in [4.78, 5) is 17.5. The molecule has 1 aromatic heterocycles. The van der Waals surface area contributed by atoms with Gasteiger partial charge in [0.1, 0.15) is 5.69 Å². The topological polar surface area (TPSA) is 54.6 Å². The standard InChI is InChI=1S/C15H22N2O3/c1-2-19-10-11-8-13-14(9-11)20-7-6-17(13)15(18)12-4-3-5-16-12/h3-5,11,13-14,16H,2,6-10H2,1H3/t11-,13-,14-/m0/s1. The monoisotopic (exact) mass is 278 g/mol. The van der Waals surface area contributed by atoms with Crippen molar-refractivity contribution in [2.24, 2.45) is 5.92 Å². The first kappa shape index (κ1) is 13.6. The van der Waals surface area contributed by atoms with Gasteiger partial charge in [-0.15, -0.1) is 0 Å². The molecule has 1 N–H and O–H groups in total. The van der Waals surface area contributed by atoms with Crippen LogP contribution in [0, 0.1) is 5.92 Å². The zero-order valence-corrected chi connectivity index (χ0v) is 11.9. The maximum Gasteiger partial charge on any atom is 0.270 e. The Labute approximate surface area is 119 Å². The summed E-state index contributed by atoms with van der Waals surface area (Å²) in [6.45, 7) is 4.85. The predicted molar refractivity (Wildman–Crippen MR) is 74.6 cm³/mol. The van der Waals surface area contributed by atoms with E-state index in [9.17, 15) is 4.79 Å². The number of morpholine rings is 1. The third-order valence-corrected chi connectivity index (χ3v) is 4.28. The highest BCUT2D eigenvalue weighted by atomic mass is 16.5. The van der Waals surface area contributed by atoms with E-state index in [0.717, 1.165) is 26.1 Å². The van der Waals surface area contributed by atoms with Crippen LogP contribution in [0.4, 0.5) is 0 Å². The third-order valence-electron chi connectivity index (χ3n) is 4.28. The molecule has 0 aromatic carbocycles. The summed E-state index contributed by atoms with van der Waals surface area (Å²) < 4.78 is 11.4. The summed E-state index contributed by atoms with van der Waals surface area (Å²) in [7, 11) is 0. The van der Waals surface area contributed by atoms with Crippen LogP contribution in [-0.4, -0.2) is 54.3 Å². The molecule has 1 aromatic rings. The summed E-state index contributed by atoms with van der Waals surface area (Å²) in [5, 5.41) is 0.